The molecule has 0 bridgehead atoms. The van der Waals surface area contributed by atoms with Crippen molar-refractivity contribution in [3.63, 3.8) is 0 Å². The first-order valence-corrected chi connectivity index (χ1v) is 6.98. The molecule has 2 aromatic heterocycles. The smallest absolute Gasteiger partial charge is 0.148 e. The molecule has 4 N–H and O–H groups in total. The molecule has 0 spiro atoms. The fraction of sp³-hybridized carbons (Fsp3) is 0.467. The second kappa shape index (κ2) is 5.73. The lowest BCUT2D eigenvalue weighted by atomic mass is 9.95. The number of hydrogen-bond acceptors (Lipinski definition) is 6. The molecule has 0 radical (unpaired) electrons. The number of nitrogens with zero attached hydrogens (tertiary/aromatic N) is 2. The van der Waals surface area contributed by atoms with Crippen LogP contribution in [0, 0.1) is 6.92 Å². The lowest BCUT2D eigenvalue weighted by Crippen LogP contribution is -2.22. The zero-order valence-corrected chi connectivity index (χ0v) is 13.2. The van der Waals surface area contributed by atoms with Crippen LogP contribution >= 0.6 is 0 Å². The molecule has 0 amide bonds. The van der Waals surface area contributed by atoms with Crippen molar-refractivity contribution in [1.29, 1.82) is 0 Å². The van der Waals surface area contributed by atoms with Crippen molar-refractivity contribution in [1.82, 2.24) is 9.97 Å². The van der Waals surface area contributed by atoms with E-state index in [0.29, 0.717) is 5.82 Å². The van der Waals surface area contributed by atoms with Gasteiger partial charge in [-0.1, -0.05) is 20.8 Å². The van der Waals surface area contributed by atoms with Crippen molar-refractivity contribution >= 4 is 11.6 Å². The van der Waals surface area contributed by atoms with E-state index in [0.717, 1.165) is 23.0 Å². The van der Waals surface area contributed by atoms with Crippen molar-refractivity contribution in [2.24, 2.45) is 5.84 Å². The van der Waals surface area contributed by atoms with E-state index in [1.54, 1.807) is 6.26 Å². The lowest BCUT2D eigenvalue weighted by Gasteiger charge is -2.22. The Bertz CT molecular complexity index is 601. The Morgan fingerprint density at radius 3 is 2.43 bits per heavy atom. The molecular formula is C15H23N5O. The third kappa shape index (κ3) is 3.33. The number of aromatic nitrogens is 2. The van der Waals surface area contributed by atoms with Gasteiger partial charge in [0, 0.05) is 11.0 Å². The Morgan fingerprint density at radius 2 is 1.90 bits per heavy atom. The maximum atomic E-state index is 5.57. The Hall–Kier alpha value is -2.08. The minimum absolute atomic E-state index is 0.00652. The Kier molecular flexibility index (Phi) is 4.18. The zero-order valence-electron chi connectivity index (χ0n) is 13.2. The van der Waals surface area contributed by atoms with Gasteiger partial charge in [-0.05, 0) is 26.0 Å². The van der Waals surface area contributed by atoms with Crippen LogP contribution in [-0.2, 0) is 5.41 Å². The average Bonchev–Trinajstić information content (AvgIpc) is 2.93. The minimum atomic E-state index is -0.163. The molecule has 6 heteroatoms. The topological polar surface area (TPSA) is 89.0 Å². The van der Waals surface area contributed by atoms with Crippen molar-refractivity contribution in [2.75, 3.05) is 10.7 Å². The summed E-state index contributed by atoms with van der Waals surface area (Å²) >= 11 is 0. The van der Waals surface area contributed by atoms with Gasteiger partial charge in [-0.25, -0.2) is 15.8 Å². The second-order valence-electron chi connectivity index (χ2n) is 6.15. The van der Waals surface area contributed by atoms with Gasteiger partial charge in [-0.15, -0.1) is 0 Å². The summed E-state index contributed by atoms with van der Waals surface area (Å²) in [5, 5.41) is 3.36. The summed E-state index contributed by atoms with van der Waals surface area (Å²) in [6.07, 6.45) is 1.66. The van der Waals surface area contributed by atoms with Crippen molar-refractivity contribution in [3.8, 4) is 0 Å². The first kappa shape index (κ1) is 15.3. The standard InChI is InChI=1S/C15H23N5O/c1-9-12(17-10(2)11-7-6-8-21-11)18-14(15(3,4)5)19-13(9)20-16/h6-8,10H,16H2,1-5H3,(H2,17,18,19,20). The van der Waals surface area contributed by atoms with Gasteiger partial charge in [0.15, 0.2) is 0 Å². The zero-order chi connectivity index (χ0) is 15.6. The van der Waals surface area contributed by atoms with Crippen LogP contribution in [0.1, 0.15) is 50.9 Å². The molecule has 0 saturated heterocycles. The van der Waals surface area contributed by atoms with Gasteiger partial charge in [0.25, 0.3) is 0 Å². The van der Waals surface area contributed by atoms with Crippen LogP contribution in [0.25, 0.3) is 0 Å². The van der Waals surface area contributed by atoms with Gasteiger partial charge < -0.3 is 15.2 Å². The number of hydrogen-bond donors (Lipinski definition) is 3. The van der Waals surface area contributed by atoms with Gasteiger partial charge in [-0.2, -0.15) is 0 Å². The van der Waals surface area contributed by atoms with Gasteiger partial charge >= 0.3 is 0 Å². The Balaban J connectivity index is 2.38. The van der Waals surface area contributed by atoms with Gasteiger partial charge in [0.2, 0.25) is 0 Å². The van der Waals surface area contributed by atoms with Crippen LogP contribution in [0.15, 0.2) is 22.8 Å². The van der Waals surface area contributed by atoms with E-state index in [2.05, 4.69) is 41.5 Å². The number of nitrogen functional groups attached to an aromatic ring is 1. The third-order valence-corrected chi connectivity index (χ3v) is 3.28. The fourth-order valence-electron chi connectivity index (χ4n) is 1.95. The van der Waals surface area contributed by atoms with Crippen LogP contribution in [0.3, 0.4) is 0 Å². The number of anilines is 2. The first-order chi connectivity index (χ1) is 9.82. The van der Waals surface area contributed by atoms with Crippen molar-refractivity contribution in [2.45, 2.75) is 46.1 Å². The molecule has 114 valence electrons. The van der Waals surface area contributed by atoms with Crippen molar-refractivity contribution in [3.05, 3.63) is 35.5 Å². The van der Waals surface area contributed by atoms with E-state index in [-0.39, 0.29) is 11.5 Å². The highest BCUT2D eigenvalue weighted by atomic mass is 16.3. The van der Waals surface area contributed by atoms with Crippen LogP contribution in [0.4, 0.5) is 11.6 Å². The summed E-state index contributed by atoms with van der Waals surface area (Å²) in [6, 6.07) is 3.81. The van der Waals surface area contributed by atoms with E-state index in [9.17, 15) is 0 Å². The van der Waals surface area contributed by atoms with E-state index in [1.165, 1.54) is 0 Å². The summed E-state index contributed by atoms with van der Waals surface area (Å²) < 4.78 is 5.42. The highest BCUT2D eigenvalue weighted by Gasteiger charge is 2.22. The number of hydrazine groups is 1. The van der Waals surface area contributed by atoms with E-state index in [1.807, 2.05) is 26.0 Å². The molecule has 0 aliphatic carbocycles. The maximum absolute atomic E-state index is 5.57. The third-order valence-electron chi connectivity index (χ3n) is 3.28. The SMILES string of the molecule is Cc1c(NN)nc(C(C)(C)C)nc1NC(C)c1ccco1. The summed E-state index contributed by atoms with van der Waals surface area (Å²) in [5.41, 5.74) is 3.36. The molecule has 0 saturated carbocycles. The van der Waals surface area contributed by atoms with Gasteiger partial charge in [-0.3, -0.25) is 0 Å². The van der Waals surface area contributed by atoms with Crippen LogP contribution in [0.2, 0.25) is 0 Å². The summed E-state index contributed by atoms with van der Waals surface area (Å²) in [6.45, 7) is 10.2. The normalized spacial score (nSPS) is 13.0. The number of nitrogens with two attached hydrogens (primary N) is 1. The number of furan rings is 1. The molecule has 2 rings (SSSR count). The predicted molar refractivity (Wildman–Crippen MR) is 84.0 cm³/mol. The molecule has 2 aromatic rings. The molecule has 0 fully saturated rings. The predicted octanol–water partition coefficient (Wildman–Crippen LogP) is 3.13. The van der Waals surface area contributed by atoms with Crippen LogP contribution < -0.4 is 16.6 Å². The fourth-order valence-corrected chi connectivity index (χ4v) is 1.95. The first-order valence-electron chi connectivity index (χ1n) is 6.98. The van der Waals surface area contributed by atoms with E-state index in [4.69, 9.17) is 10.3 Å². The lowest BCUT2D eigenvalue weighted by molar-refractivity contribution is 0.489. The summed E-state index contributed by atoms with van der Waals surface area (Å²) in [4.78, 5) is 9.12. The van der Waals surface area contributed by atoms with Gasteiger partial charge in [0.05, 0.1) is 12.3 Å². The molecule has 0 aromatic carbocycles. The average molecular weight is 289 g/mol. The second-order valence-corrected chi connectivity index (χ2v) is 6.15. The maximum Gasteiger partial charge on any atom is 0.148 e. The highest BCUT2D eigenvalue weighted by molar-refractivity contribution is 5.57. The molecule has 1 atom stereocenters. The van der Waals surface area contributed by atoms with Gasteiger partial charge in [0.1, 0.15) is 23.2 Å². The molecular weight excluding hydrogens is 266 g/mol. The molecule has 2 heterocycles. The Morgan fingerprint density at radius 1 is 1.24 bits per heavy atom. The monoisotopic (exact) mass is 289 g/mol. The van der Waals surface area contributed by atoms with E-state index < -0.39 is 0 Å². The summed E-state index contributed by atoms with van der Waals surface area (Å²) in [7, 11) is 0. The molecule has 0 aliphatic rings. The highest BCUT2D eigenvalue weighted by Crippen LogP contribution is 2.28. The number of nitrogens with one attached hydrogen (secondary N) is 2. The van der Waals surface area contributed by atoms with Crippen LogP contribution in [0.5, 0.6) is 0 Å². The molecule has 21 heavy (non-hydrogen) atoms. The quantitative estimate of drug-likeness (QED) is 0.592. The summed E-state index contributed by atoms with van der Waals surface area (Å²) in [5.74, 6) is 8.54. The number of rotatable bonds is 4. The molecule has 6 nitrogen and oxygen atoms in total. The Labute approximate surface area is 125 Å². The van der Waals surface area contributed by atoms with Crippen LogP contribution in [-0.4, -0.2) is 9.97 Å². The largest absolute Gasteiger partial charge is 0.467 e. The molecule has 1 unspecified atom stereocenters. The van der Waals surface area contributed by atoms with E-state index >= 15 is 0 Å². The molecule has 0 aliphatic heterocycles. The van der Waals surface area contributed by atoms with Crippen molar-refractivity contribution < 1.29 is 4.42 Å². The minimum Gasteiger partial charge on any atom is -0.467 e.